The van der Waals surface area contributed by atoms with E-state index in [1.54, 1.807) is 36.4 Å². The summed E-state index contributed by atoms with van der Waals surface area (Å²) >= 11 is 10.3. The number of aliphatic hydroxyl groups excluding tert-OH is 1. The fraction of sp³-hybridized carbons (Fsp3) is 0.444. The van der Waals surface area contributed by atoms with Gasteiger partial charge in [0.15, 0.2) is 0 Å². The third-order valence-electron chi connectivity index (χ3n) is 9.34. The summed E-state index contributed by atoms with van der Waals surface area (Å²) < 4.78 is 12.2. The van der Waals surface area contributed by atoms with Crippen molar-refractivity contribution in [3.8, 4) is 0 Å². The highest BCUT2D eigenvalue weighted by atomic mass is 79.9. The molecule has 0 aromatic heterocycles. The number of benzene rings is 2. The highest BCUT2D eigenvalue weighted by Gasteiger charge is 2.76. The Kier molecular flexibility index (Phi) is 11.8. The highest BCUT2D eigenvalue weighted by Crippen LogP contribution is 2.60. The number of carbonyl (C=O) groups excluding carboxylic acids is 4. The number of aliphatic hydroxyl groups is 1. The van der Waals surface area contributed by atoms with E-state index >= 15 is 0 Å². The summed E-state index contributed by atoms with van der Waals surface area (Å²) in [6, 6.07) is 14.4. The summed E-state index contributed by atoms with van der Waals surface area (Å²) in [4.78, 5) is 58.5. The molecular weight excluding hydrogens is 702 g/mol. The maximum atomic E-state index is 14.7. The molecule has 1 unspecified atom stereocenters. The number of halogens is 2. The minimum atomic E-state index is -1.30. The van der Waals surface area contributed by atoms with Crippen LogP contribution in [0.15, 0.2) is 79.9 Å². The number of unbranched alkanes of at least 4 members (excludes halogenated alkanes) is 1. The van der Waals surface area contributed by atoms with Crippen LogP contribution in [-0.2, 0) is 28.7 Å². The van der Waals surface area contributed by atoms with E-state index < -0.39 is 53.4 Å². The lowest BCUT2D eigenvalue weighted by Gasteiger charge is -2.37. The Labute approximate surface area is 294 Å². The molecule has 5 rings (SSSR count). The van der Waals surface area contributed by atoms with E-state index in [1.807, 2.05) is 30.3 Å². The largest absolute Gasteiger partial charge is 0.463 e. The molecule has 12 heteroatoms. The van der Waals surface area contributed by atoms with Gasteiger partial charge in [-0.2, -0.15) is 0 Å². The summed E-state index contributed by atoms with van der Waals surface area (Å²) in [6.07, 6.45) is 4.39. The Hall–Kier alpha value is -3.51. The van der Waals surface area contributed by atoms with Gasteiger partial charge in [-0.3, -0.25) is 19.2 Å². The minimum Gasteiger partial charge on any atom is -0.463 e. The topological polar surface area (TPSA) is 125 Å². The fourth-order valence-electron chi connectivity index (χ4n) is 7.24. The summed E-state index contributed by atoms with van der Waals surface area (Å²) in [5.74, 6) is -3.46. The monoisotopic (exact) mass is 741 g/mol. The van der Waals surface area contributed by atoms with Crippen LogP contribution in [0.2, 0.25) is 5.02 Å². The van der Waals surface area contributed by atoms with Crippen LogP contribution in [0.25, 0.3) is 0 Å². The molecule has 3 aliphatic heterocycles. The van der Waals surface area contributed by atoms with Crippen LogP contribution < -0.4 is 10.2 Å². The summed E-state index contributed by atoms with van der Waals surface area (Å²) in [5, 5.41) is 12.9. The number of carbonyl (C=O) groups is 4. The number of allylic oxidation sites excluding steroid dienone is 1. The number of para-hydroxylation sites is 1. The van der Waals surface area contributed by atoms with E-state index in [9.17, 15) is 24.3 Å². The Morgan fingerprint density at radius 3 is 2.56 bits per heavy atom. The number of anilines is 1. The normalized spacial score (nSPS) is 26.1. The zero-order valence-electron chi connectivity index (χ0n) is 26.6. The standard InChI is InChI=1S/C36H41BrClN3O7/c1-3-5-17-28(43)47-22-26(23-13-7-6-8-14-23)39-33(44)29-30-34(45)41(19-11-12-20-42)32(36(30)21-24(37)31(29)48-36)35(46)40(18-4-2)27-16-10-9-15-25(27)38/h3-4,6-10,13-16,24,26,29-32,42H,1-2,5,11-12,17-22H2,(H,39,44)/t24?,26-,29-,30+,31-,32-,36+/m1/s1. The smallest absolute Gasteiger partial charge is 0.306 e. The van der Waals surface area contributed by atoms with Crippen LogP contribution >= 0.6 is 27.5 Å². The molecule has 3 fully saturated rings. The third kappa shape index (κ3) is 6.96. The molecule has 3 aliphatic rings. The molecule has 2 bridgehead atoms. The van der Waals surface area contributed by atoms with Crippen molar-refractivity contribution in [1.82, 2.24) is 10.2 Å². The van der Waals surface area contributed by atoms with E-state index in [-0.39, 0.29) is 43.5 Å². The van der Waals surface area contributed by atoms with Crippen molar-refractivity contribution in [2.24, 2.45) is 11.8 Å². The van der Waals surface area contributed by atoms with Crippen molar-refractivity contribution >= 4 is 56.9 Å². The van der Waals surface area contributed by atoms with Crippen molar-refractivity contribution in [3.63, 3.8) is 0 Å². The maximum absolute atomic E-state index is 14.7. The highest BCUT2D eigenvalue weighted by molar-refractivity contribution is 9.09. The lowest BCUT2D eigenvalue weighted by atomic mass is 9.70. The third-order valence-corrected chi connectivity index (χ3v) is 10.5. The maximum Gasteiger partial charge on any atom is 0.306 e. The number of hydrogen-bond donors (Lipinski definition) is 2. The van der Waals surface area contributed by atoms with Gasteiger partial charge >= 0.3 is 5.97 Å². The van der Waals surface area contributed by atoms with Gasteiger partial charge in [0.25, 0.3) is 5.91 Å². The number of nitrogens with zero attached hydrogens (tertiary/aromatic N) is 2. The molecule has 1 spiro atoms. The number of ether oxygens (including phenoxy) is 2. The Morgan fingerprint density at radius 1 is 1.15 bits per heavy atom. The summed E-state index contributed by atoms with van der Waals surface area (Å²) in [6.45, 7) is 7.64. The summed E-state index contributed by atoms with van der Waals surface area (Å²) in [7, 11) is 0. The van der Waals surface area contributed by atoms with Crippen LogP contribution in [0, 0.1) is 11.8 Å². The number of amides is 3. The first-order chi connectivity index (χ1) is 23.2. The van der Waals surface area contributed by atoms with Gasteiger partial charge in [-0.15, -0.1) is 13.2 Å². The van der Waals surface area contributed by atoms with E-state index in [0.29, 0.717) is 36.4 Å². The van der Waals surface area contributed by atoms with E-state index in [4.69, 9.17) is 21.1 Å². The van der Waals surface area contributed by atoms with Gasteiger partial charge < -0.3 is 29.7 Å². The van der Waals surface area contributed by atoms with Gasteiger partial charge in [-0.25, -0.2) is 0 Å². The predicted octanol–water partition coefficient (Wildman–Crippen LogP) is 4.75. The molecule has 3 heterocycles. The first-order valence-corrected chi connectivity index (χ1v) is 17.5. The van der Waals surface area contributed by atoms with E-state index in [0.717, 1.165) is 5.56 Å². The molecule has 3 saturated heterocycles. The predicted molar refractivity (Wildman–Crippen MR) is 185 cm³/mol. The second kappa shape index (κ2) is 15.8. The number of fused-ring (bicyclic) bond motifs is 1. The molecular formula is C36H41BrClN3O7. The van der Waals surface area contributed by atoms with Gasteiger partial charge in [-0.05, 0) is 43.4 Å². The zero-order valence-corrected chi connectivity index (χ0v) is 29.0. The zero-order chi connectivity index (χ0) is 34.4. The quantitative estimate of drug-likeness (QED) is 0.110. The average Bonchev–Trinajstić information content (AvgIpc) is 3.68. The second-order valence-corrected chi connectivity index (χ2v) is 13.9. The van der Waals surface area contributed by atoms with Crippen LogP contribution in [0.4, 0.5) is 5.69 Å². The van der Waals surface area contributed by atoms with Crippen LogP contribution in [0.5, 0.6) is 0 Å². The summed E-state index contributed by atoms with van der Waals surface area (Å²) in [5.41, 5.74) is -0.0982. The minimum absolute atomic E-state index is 0.0659. The lowest BCUT2D eigenvalue weighted by Crippen LogP contribution is -2.57. The van der Waals surface area contributed by atoms with Crippen molar-refractivity contribution in [2.75, 3.05) is 31.2 Å². The molecule has 3 amide bonds. The van der Waals surface area contributed by atoms with Crippen LogP contribution in [0.1, 0.15) is 43.7 Å². The Balaban J connectivity index is 1.48. The number of hydrogen-bond acceptors (Lipinski definition) is 7. The molecule has 0 aliphatic carbocycles. The van der Waals surface area contributed by atoms with Crippen molar-refractivity contribution in [3.05, 3.63) is 90.5 Å². The van der Waals surface area contributed by atoms with Crippen LogP contribution in [-0.4, -0.2) is 82.6 Å². The number of nitrogens with one attached hydrogen (secondary N) is 1. The van der Waals surface area contributed by atoms with Gasteiger partial charge in [0.05, 0.1) is 34.7 Å². The lowest BCUT2D eigenvalue weighted by molar-refractivity contribution is -0.145. The second-order valence-electron chi connectivity index (χ2n) is 12.3. The number of esters is 1. The van der Waals surface area contributed by atoms with Crippen LogP contribution in [0.3, 0.4) is 0 Å². The molecule has 2 N–H and O–H groups in total. The first-order valence-electron chi connectivity index (χ1n) is 16.2. The molecule has 0 radical (unpaired) electrons. The molecule has 48 heavy (non-hydrogen) atoms. The Bertz CT molecular complexity index is 1530. The number of alkyl halides is 1. The molecule has 7 atom stereocenters. The number of rotatable bonds is 16. The molecule has 2 aromatic carbocycles. The van der Waals surface area contributed by atoms with Crippen molar-refractivity contribution in [1.29, 1.82) is 0 Å². The molecule has 10 nitrogen and oxygen atoms in total. The fourth-order valence-corrected chi connectivity index (χ4v) is 8.42. The first kappa shape index (κ1) is 35.8. The number of likely N-dealkylation sites (tertiary alicyclic amines) is 1. The average molecular weight is 743 g/mol. The molecule has 2 aromatic rings. The van der Waals surface area contributed by atoms with E-state index in [1.165, 1.54) is 9.80 Å². The van der Waals surface area contributed by atoms with Crippen molar-refractivity contribution in [2.45, 2.75) is 60.7 Å². The SMILES string of the molecule is C=CCCC(=O)OC[C@@H](NC(=O)[C@H]1[C@@H]2O[C@@]3(CC2Br)[C@@H]1C(=O)N(CCCCO)[C@@H]3C(=O)N(CC=C)c1ccccc1Cl)c1ccccc1. The van der Waals surface area contributed by atoms with Gasteiger partial charge in [0, 0.05) is 30.9 Å². The Morgan fingerprint density at radius 2 is 1.88 bits per heavy atom. The van der Waals surface area contributed by atoms with E-state index in [2.05, 4.69) is 34.4 Å². The van der Waals surface area contributed by atoms with Gasteiger partial charge in [0.2, 0.25) is 11.8 Å². The van der Waals surface area contributed by atoms with Crippen molar-refractivity contribution < 1.29 is 33.8 Å². The van der Waals surface area contributed by atoms with Gasteiger partial charge in [-0.1, -0.05) is 82.1 Å². The molecule has 0 saturated carbocycles. The molecule has 256 valence electrons. The van der Waals surface area contributed by atoms with Gasteiger partial charge in [0.1, 0.15) is 18.2 Å².